The van der Waals surface area contributed by atoms with E-state index in [0.29, 0.717) is 13.0 Å². The molecule has 0 saturated carbocycles. The zero-order valence-corrected chi connectivity index (χ0v) is 17.0. The van der Waals surface area contributed by atoms with Crippen molar-refractivity contribution in [2.24, 2.45) is 0 Å². The summed E-state index contributed by atoms with van der Waals surface area (Å²) in [5.41, 5.74) is 2.42. The van der Waals surface area contributed by atoms with Crippen LogP contribution < -0.4 is 10.2 Å². The molecule has 27 heavy (non-hydrogen) atoms. The molecule has 1 amide bonds. The van der Waals surface area contributed by atoms with Crippen molar-refractivity contribution in [3.8, 4) is 0 Å². The first-order valence-corrected chi connectivity index (χ1v) is 10.4. The second-order valence-corrected chi connectivity index (χ2v) is 8.07. The molecule has 1 atom stereocenters. The highest BCUT2D eigenvalue weighted by Crippen LogP contribution is 2.24. The van der Waals surface area contributed by atoms with E-state index in [9.17, 15) is 4.79 Å². The lowest BCUT2D eigenvalue weighted by Gasteiger charge is -2.35. The Morgan fingerprint density at radius 2 is 1.96 bits per heavy atom. The van der Waals surface area contributed by atoms with Gasteiger partial charge in [-0.25, -0.2) is 0 Å². The monoisotopic (exact) mass is 387 g/mol. The average Bonchev–Trinajstić information content (AvgIpc) is 3.21. The Morgan fingerprint density at radius 1 is 1.22 bits per heavy atom. The summed E-state index contributed by atoms with van der Waals surface area (Å²) in [6.07, 6.45) is 1.35. The second kappa shape index (κ2) is 9.88. The van der Waals surface area contributed by atoms with Crippen LogP contribution in [0.2, 0.25) is 0 Å². The number of carbonyl (C=O) groups is 1. The Hall–Kier alpha value is -1.89. The molecule has 1 saturated heterocycles. The minimum atomic E-state index is 0.117. The van der Waals surface area contributed by atoms with Crippen molar-refractivity contribution in [3.05, 3.63) is 52.2 Å². The topological polar surface area (TPSA) is 44.8 Å². The Balaban J connectivity index is 1.61. The fraction of sp³-hybridized carbons (Fsp3) is 0.476. The number of hydrogen-bond donors (Lipinski definition) is 1. The Morgan fingerprint density at radius 3 is 2.59 bits per heavy atom. The molecule has 146 valence electrons. The van der Waals surface area contributed by atoms with Crippen molar-refractivity contribution < 1.29 is 9.53 Å². The lowest BCUT2D eigenvalue weighted by molar-refractivity contribution is -0.121. The summed E-state index contributed by atoms with van der Waals surface area (Å²) in [7, 11) is 4.09. The number of thiophene rings is 1. The van der Waals surface area contributed by atoms with E-state index in [1.807, 2.05) is 20.2 Å². The van der Waals surface area contributed by atoms with Crippen LogP contribution in [0.3, 0.4) is 0 Å². The second-order valence-electron chi connectivity index (χ2n) is 7.03. The molecule has 0 spiro atoms. The number of amides is 1. The molecule has 5 nitrogen and oxygen atoms in total. The Labute approximate surface area is 165 Å². The van der Waals surface area contributed by atoms with Gasteiger partial charge in [-0.05, 0) is 35.6 Å². The first-order valence-electron chi connectivity index (χ1n) is 9.51. The Kier molecular flexibility index (Phi) is 7.26. The molecule has 6 heteroatoms. The molecule has 2 aromatic rings. The highest BCUT2D eigenvalue weighted by molar-refractivity contribution is 7.09. The molecule has 0 bridgehead atoms. The van der Waals surface area contributed by atoms with Gasteiger partial charge in [0.15, 0.2) is 0 Å². The van der Waals surface area contributed by atoms with Gasteiger partial charge in [-0.1, -0.05) is 18.2 Å². The summed E-state index contributed by atoms with van der Waals surface area (Å²) in [6, 6.07) is 12.9. The number of aryl methyl sites for hydroxylation is 1. The molecule has 1 aliphatic heterocycles. The molecular formula is C21H29N3O2S. The molecule has 0 radical (unpaired) electrons. The first kappa shape index (κ1) is 19.9. The molecule has 2 heterocycles. The minimum absolute atomic E-state index is 0.117. The van der Waals surface area contributed by atoms with Gasteiger partial charge in [0.05, 0.1) is 19.3 Å². The first-order chi connectivity index (χ1) is 13.1. The Bertz CT molecular complexity index is 695. The molecule has 3 rings (SSSR count). The van der Waals surface area contributed by atoms with Gasteiger partial charge < -0.3 is 15.0 Å². The van der Waals surface area contributed by atoms with E-state index in [0.717, 1.165) is 32.7 Å². The zero-order chi connectivity index (χ0) is 19.1. The summed E-state index contributed by atoms with van der Waals surface area (Å²) in [5, 5.41) is 5.21. The van der Waals surface area contributed by atoms with Gasteiger partial charge in [-0.15, -0.1) is 11.3 Å². The number of hydrogen-bond acceptors (Lipinski definition) is 5. The molecule has 0 aliphatic carbocycles. The highest BCUT2D eigenvalue weighted by atomic mass is 32.1. The smallest absolute Gasteiger partial charge is 0.220 e. The van der Waals surface area contributed by atoms with Gasteiger partial charge >= 0.3 is 0 Å². The summed E-state index contributed by atoms with van der Waals surface area (Å²) in [6.45, 7) is 3.91. The fourth-order valence-corrected chi connectivity index (χ4v) is 4.04. The minimum Gasteiger partial charge on any atom is -0.379 e. The number of rotatable bonds is 8. The maximum absolute atomic E-state index is 12.3. The normalized spacial score (nSPS) is 16.1. The lowest BCUT2D eigenvalue weighted by Crippen LogP contribution is -2.43. The standard InChI is InChI=1S/C21H29N3O2S/c1-23(2)18-7-5-17(6-8-18)20(24-11-13-26-14-12-24)16-22-21(25)10-9-19-4-3-15-27-19/h3-8,15,20H,9-14,16H2,1-2H3,(H,22,25). The number of ether oxygens (including phenoxy) is 1. The van der Waals surface area contributed by atoms with Gasteiger partial charge in [-0.2, -0.15) is 0 Å². The van der Waals surface area contributed by atoms with Gasteiger partial charge in [0.25, 0.3) is 0 Å². The average molecular weight is 388 g/mol. The molecule has 1 aliphatic rings. The third kappa shape index (κ3) is 5.79. The number of nitrogens with zero attached hydrogens (tertiary/aromatic N) is 2. The number of benzene rings is 1. The summed E-state index contributed by atoms with van der Waals surface area (Å²) >= 11 is 1.71. The third-order valence-corrected chi connectivity index (χ3v) is 5.89. The SMILES string of the molecule is CN(C)c1ccc(C(CNC(=O)CCc2cccs2)N2CCOCC2)cc1. The van der Waals surface area contributed by atoms with Crippen LogP contribution >= 0.6 is 11.3 Å². The number of anilines is 1. The maximum Gasteiger partial charge on any atom is 0.220 e. The van der Waals surface area contributed by atoms with Gasteiger partial charge in [0, 0.05) is 50.7 Å². The van der Waals surface area contributed by atoms with Crippen LogP contribution in [0, 0.1) is 0 Å². The van der Waals surface area contributed by atoms with E-state index >= 15 is 0 Å². The highest BCUT2D eigenvalue weighted by Gasteiger charge is 2.23. The van der Waals surface area contributed by atoms with E-state index in [1.54, 1.807) is 11.3 Å². The molecule has 1 N–H and O–H groups in total. The predicted molar refractivity (Wildman–Crippen MR) is 112 cm³/mol. The predicted octanol–water partition coefficient (Wildman–Crippen LogP) is 2.94. The number of nitrogens with one attached hydrogen (secondary N) is 1. The molecule has 1 fully saturated rings. The van der Waals surface area contributed by atoms with Gasteiger partial charge in [0.1, 0.15) is 0 Å². The fourth-order valence-electron chi connectivity index (χ4n) is 3.33. The summed E-state index contributed by atoms with van der Waals surface area (Å²) in [5.74, 6) is 0.117. The van der Waals surface area contributed by atoms with E-state index in [1.165, 1.54) is 16.1 Å². The van der Waals surface area contributed by atoms with Crippen LogP contribution in [0.1, 0.15) is 22.9 Å². The van der Waals surface area contributed by atoms with Crippen molar-refractivity contribution >= 4 is 22.9 Å². The van der Waals surface area contributed by atoms with Crippen molar-refractivity contribution in [1.82, 2.24) is 10.2 Å². The largest absolute Gasteiger partial charge is 0.379 e. The quantitative estimate of drug-likeness (QED) is 0.756. The number of morpholine rings is 1. The van der Waals surface area contributed by atoms with Crippen molar-refractivity contribution in [1.29, 1.82) is 0 Å². The van der Waals surface area contributed by atoms with Crippen molar-refractivity contribution in [2.75, 3.05) is 51.8 Å². The third-order valence-electron chi connectivity index (χ3n) is 4.95. The van der Waals surface area contributed by atoms with Crippen LogP contribution in [-0.4, -0.2) is 57.8 Å². The van der Waals surface area contributed by atoms with E-state index in [2.05, 4.69) is 50.8 Å². The zero-order valence-electron chi connectivity index (χ0n) is 16.2. The van der Waals surface area contributed by atoms with E-state index in [4.69, 9.17) is 4.74 Å². The summed E-state index contributed by atoms with van der Waals surface area (Å²) < 4.78 is 5.51. The molecule has 1 unspecified atom stereocenters. The number of carbonyl (C=O) groups excluding carboxylic acids is 1. The molecule has 1 aromatic carbocycles. The molecular weight excluding hydrogens is 358 g/mol. The molecule has 1 aromatic heterocycles. The van der Waals surface area contributed by atoms with Crippen LogP contribution in [0.25, 0.3) is 0 Å². The van der Waals surface area contributed by atoms with Crippen LogP contribution in [0.5, 0.6) is 0 Å². The van der Waals surface area contributed by atoms with Crippen molar-refractivity contribution in [3.63, 3.8) is 0 Å². The van der Waals surface area contributed by atoms with E-state index in [-0.39, 0.29) is 11.9 Å². The van der Waals surface area contributed by atoms with Crippen LogP contribution in [0.15, 0.2) is 41.8 Å². The van der Waals surface area contributed by atoms with Gasteiger partial charge in [0.2, 0.25) is 5.91 Å². The maximum atomic E-state index is 12.3. The van der Waals surface area contributed by atoms with Crippen LogP contribution in [-0.2, 0) is 16.0 Å². The van der Waals surface area contributed by atoms with Crippen molar-refractivity contribution in [2.45, 2.75) is 18.9 Å². The van der Waals surface area contributed by atoms with E-state index < -0.39 is 0 Å². The van der Waals surface area contributed by atoms with Crippen LogP contribution in [0.4, 0.5) is 5.69 Å². The lowest BCUT2D eigenvalue weighted by atomic mass is 10.0. The van der Waals surface area contributed by atoms with Gasteiger partial charge in [-0.3, -0.25) is 9.69 Å². The summed E-state index contributed by atoms with van der Waals surface area (Å²) in [4.78, 5) is 18.1.